The first-order valence-corrected chi connectivity index (χ1v) is 9.37. The molecule has 0 aliphatic heterocycles. The van der Waals surface area contributed by atoms with Crippen molar-refractivity contribution in [2.75, 3.05) is 19.6 Å². The number of hydrogen-bond acceptors (Lipinski definition) is 2. The third-order valence-corrected chi connectivity index (χ3v) is 5.45. The van der Waals surface area contributed by atoms with Gasteiger partial charge < -0.3 is 5.32 Å². The number of likely N-dealkylation sites (N-methyl/N-ethyl adjacent to an activating group) is 1. The van der Waals surface area contributed by atoms with E-state index in [2.05, 4.69) is 50.9 Å². The van der Waals surface area contributed by atoms with Gasteiger partial charge in [0.05, 0.1) is 0 Å². The van der Waals surface area contributed by atoms with Crippen LogP contribution >= 0.6 is 0 Å². The molecule has 1 N–H and O–H groups in total. The van der Waals surface area contributed by atoms with Crippen LogP contribution in [-0.2, 0) is 0 Å². The second-order valence-corrected chi connectivity index (χ2v) is 6.39. The summed E-state index contributed by atoms with van der Waals surface area (Å²) in [6.45, 7) is 15.1. The molecule has 1 atom stereocenters. The lowest BCUT2D eigenvalue weighted by molar-refractivity contribution is 0.0596. The Labute approximate surface area is 133 Å². The maximum atomic E-state index is 3.92. The summed E-state index contributed by atoms with van der Waals surface area (Å²) in [6.07, 6.45) is 11.5. The lowest BCUT2D eigenvalue weighted by Crippen LogP contribution is -2.61. The summed E-state index contributed by atoms with van der Waals surface area (Å²) in [4.78, 5) is 2.70. The van der Waals surface area contributed by atoms with Gasteiger partial charge in [0.15, 0.2) is 0 Å². The molecular formula is C19H38N2. The van der Waals surface area contributed by atoms with Gasteiger partial charge in [-0.2, -0.15) is 0 Å². The summed E-state index contributed by atoms with van der Waals surface area (Å²) < 4.78 is 0. The monoisotopic (exact) mass is 294 g/mol. The van der Waals surface area contributed by atoms with Crippen LogP contribution < -0.4 is 5.32 Å². The second-order valence-electron chi connectivity index (χ2n) is 6.39. The molecule has 124 valence electrons. The Kier molecular flexibility index (Phi) is 8.58. The molecule has 21 heavy (non-hydrogen) atoms. The van der Waals surface area contributed by atoms with Crippen molar-refractivity contribution >= 4 is 0 Å². The Morgan fingerprint density at radius 2 is 1.76 bits per heavy atom. The van der Waals surface area contributed by atoms with E-state index in [1.165, 1.54) is 44.9 Å². The highest BCUT2D eigenvalue weighted by molar-refractivity contribution is 5.21. The fourth-order valence-corrected chi connectivity index (χ4v) is 4.22. The number of allylic oxidation sites excluding steroid dienone is 1. The molecule has 0 aromatic carbocycles. The number of rotatable bonds is 10. The highest BCUT2D eigenvalue weighted by Gasteiger charge is 2.41. The van der Waals surface area contributed by atoms with E-state index < -0.39 is 0 Å². The Bertz CT molecular complexity index is 301. The van der Waals surface area contributed by atoms with Crippen molar-refractivity contribution in [2.24, 2.45) is 0 Å². The third-order valence-electron chi connectivity index (χ3n) is 5.45. The van der Waals surface area contributed by atoms with Crippen LogP contribution in [-0.4, -0.2) is 36.1 Å². The van der Waals surface area contributed by atoms with Crippen molar-refractivity contribution in [3.8, 4) is 0 Å². The summed E-state index contributed by atoms with van der Waals surface area (Å²) in [5, 5.41) is 3.92. The average molecular weight is 295 g/mol. The minimum atomic E-state index is 0.280. The van der Waals surface area contributed by atoms with Crippen molar-refractivity contribution in [2.45, 2.75) is 91.1 Å². The summed E-state index contributed by atoms with van der Waals surface area (Å²) >= 11 is 0. The number of hydrogen-bond donors (Lipinski definition) is 1. The summed E-state index contributed by atoms with van der Waals surface area (Å²) in [7, 11) is 0. The van der Waals surface area contributed by atoms with Crippen LogP contribution in [0.5, 0.6) is 0 Å². The second kappa shape index (κ2) is 9.63. The van der Waals surface area contributed by atoms with Crippen LogP contribution in [0.3, 0.4) is 0 Å². The van der Waals surface area contributed by atoms with Gasteiger partial charge in [0.25, 0.3) is 0 Å². The van der Waals surface area contributed by atoms with Crippen LogP contribution in [0.2, 0.25) is 0 Å². The van der Waals surface area contributed by atoms with E-state index in [-0.39, 0.29) is 5.54 Å². The smallest absolute Gasteiger partial charge is 0.0466 e. The van der Waals surface area contributed by atoms with Gasteiger partial charge >= 0.3 is 0 Å². The fraction of sp³-hybridized carbons (Fsp3) is 0.895. The van der Waals surface area contributed by atoms with E-state index in [9.17, 15) is 0 Å². The zero-order valence-corrected chi connectivity index (χ0v) is 15.2. The van der Waals surface area contributed by atoms with Crippen molar-refractivity contribution in [1.29, 1.82) is 0 Å². The van der Waals surface area contributed by atoms with Crippen molar-refractivity contribution in [3.63, 3.8) is 0 Å². The van der Waals surface area contributed by atoms with Gasteiger partial charge in [0, 0.05) is 11.6 Å². The zero-order chi connectivity index (χ0) is 15.7. The van der Waals surface area contributed by atoms with Crippen LogP contribution in [0, 0.1) is 0 Å². The molecule has 0 aromatic rings. The molecule has 1 aliphatic carbocycles. The molecule has 2 nitrogen and oxygen atoms in total. The Balaban J connectivity index is 3.12. The van der Waals surface area contributed by atoms with E-state index in [1.807, 2.05) is 0 Å². The zero-order valence-electron chi connectivity index (χ0n) is 15.2. The fourth-order valence-electron chi connectivity index (χ4n) is 4.22. The largest absolute Gasteiger partial charge is 0.309 e. The molecule has 2 heteroatoms. The van der Waals surface area contributed by atoms with Crippen molar-refractivity contribution in [3.05, 3.63) is 11.6 Å². The minimum Gasteiger partial charge on any atom is -0.309 e. The van der Waals surface area contributed by atoms with Crippen molar-refractivity contribution < 1.29 is 0 Å². The topological polar surface area (TPSA) is 15.3 Å². The standard InChI is InChI=1S/C19H38N2/c1-6-16-20-18(17-14-12-11-13-15-17)19(7-2,8-3)21(9-4)10-5/h14,18,20H,6-13,15-16H2,1-5H3. The minimum absolute atomic E-state index is 0.280. The normalized spacial score (nSPS) is 17.9. The van der Waals surface area contributed by atoms with Gasteiger partial charge in [-0.25, -0.2) is 0 Å². The van der Waals surface area contributed by atoms with Gasteiger partial charge in [-0.3, -0.25) is 4.90 Å². The molecule has 1 rings (SSSR count). The molecule has 0 bridgehead atoms. The predicted octanol–water partition coefficient (Wildman–Crippen LogP) is 4.76. The summed E-state index contributed by atoms with van der Waals surface area (Å²) in [5.74, 6) is 0. The van der Waals surface area contributed by atoms with Gasteiger partial charge in [-0.1, -0.05) is 46.3 Å². The SMILES string of the molecule is CCCNC(C1=CCCCC1)C(CC)(CC)N(CC)CC. The molecule has 0 spiro atoms. The van der Waals surface area contributed by atoms with Crippen LogP contribution in [0.25, 0.3) is 0 Å². The van der Waals surface area contributed by atoms with E-state index in [4.69, 9.17) is 0 Å². The highest BCUT2D eigenvalue weighted by Crippen LogP contribution is 2.35. The Morgan fingerprint density at radius 1 is 1.10 bits per heavy atom. The summed E-state index contributed by atoms with van der Waals surface area (Å²) in [6, 6.07) is 0.535. The molecule has 1 aliphatic rings. The lowest BCUT2D eigenvalue weighted by atomic mass is 9.76. The molecule has 1 unspecified atom stereocenters. The molecule has 0 aromatic heterocycles. The van der Waals surface area contributed by atoms with Crippen LogP contribution in [0.15, 0.2) is 11.6 Å². The van der Waals surface area contributed by atoms with Crippen LogP contribution in [0.4, 0.5) is 0 Å². The highest BCUT2D eigenvalue weighted by atomic mass is 15.2. The first-order chi connectivity index (χ1) is 10.2. The predicted molar refractivity (Wildman–Crippen MR) is 94.9 cm³/mol. The quantitative estimate of drug-likeness (QED) is 0.585. The lowest BCUT2D eigenvalue weighted by Gasteiger charge is -2.49. The average Bonchev–Trinajstić information content (AvgIpc) is 2.55. The molecule has 0 heterocycles. The maximum absolute atomic E-state index is 3.92. The summed E-state index contributed by atoms with van der Waals surface area (Å²) in [5.41, 5.74) is 1.97. The Hall–Kier alpha value is -0.340. The van der Waals surface area contributed by atoms with E-state index in [1.54, 1.807) is 5.57 Å². The van der Waals surface area contributed by atoms with Gasteiger partial charge in [0.2, 0.25) is 0 Å². The third kappa shape index (κ3) is 4.32. The van der Waals surface area contributed by atoms with Crippen LogP contribution in [0.1, 0.15) is 79.6 Å². The maximum Gasteiger partial charge on any atom is 0.0466 e. The van der Waals surface area contributed by atoms with Gasteiger partial charge in [-0.15, -0.1) is 0 Å². The first kappa shape index (κ1) is 18.7. The molecular weight excluding hydrogens is 256 g/mol. The molecule has 0 fully saturated rings. The molecule has 0 saturated heterocycles. The first-order valence-electron chi connectivity index (χ1n) is 9.37. The van der Waals surface area contributed by atoms with E-state index in [0.717, 1.165) is 19.6 Å². The Morgan fingerprint density at radius 3 is 2.19 bits per heavy atom. The molecule has 0 amide bonds. The molecule has 0 radical (unpaired) electrons. The van der Waals surface area contributed by atoms with E-state index in [0.29, 0.717) is 6.04 Å². The van der Waals surface area contributed by atoms with Crippen molar-refractivity contribution in [1.82, 2.24) is 10.2 Å². The number of nitrogens with one attached hydrogen (secondary N) is 1. The van der Waals surface area contributed by atoms with Gasteiger partial charge in [0.1, 0.15) is 0 Å². The van der Waals surface area contributed by atoms with Gasteiger partial charge in [-0.05, 0) is 64.6 Å². The molecule has 0 saturated carbocycles. The number of nitrogens with zero attached hydrogens (tertiary/aromatic N) is 1. The van der Waals surface area contributed by atoms with E-state index >= 15 is 0 Å².